The predicted octanol–water partition coefficient (Wildman–Crippen LogP) is 3.32. The van der Waals surface area contributed by atoms with Gasteiger partial charge in [-0.2, -0.15) is 4.72 Å². The van der Waals surface area contributed by atoms with Gasteiger partial charge in [0.15, 0.2) is 0 Å². The minimum absolute atomic E-state index is 0.0227. The molecule has 8 heteroatoms. The van der Waals surface area contributed by atoms with Crippen LogP contribution in [0.4, 0.5) is 5.69 Å². The van der Waals surface area contributed by atoms with Gasteiger partial charge in [-0.25, -0.2) is 8.42 Å². The molecule has 0 saturated heterocycles. The van der Waals surface area contributed by atoms with Gasteiger partial charge in [0.1, 0.15) is 6.04 Å². The van der Waals surface area contributed by atoms with E-state index in [4.69, 9.17) is 0 Å². The maximum absolute atomic E-state index is 13.4. The van der Waals surface area contributed by atoms with E-state index in [0.717, 1.165) is 42.5 Å². The number of nitrogens with zero attached hydrogens (tertiary/aromatic N) is 1. The minimum Gasteiger partial charge on any atom is -0.352 e. The lowest BCUT2D eigenvalue weighted by molar-refractivity contribution is -0.123. The van der Waals surface area contributed by atoms with Crippen molar-refractivity contribution in [1.82, 2.24) is 10.0 Å². The number of carbonyl (C=O) groups is 2. The lowest BCUT2D eigenvalue weighted by Crippen LogP contribution is -2.50. The van der Waals surface area contributed by atoms with Crippen molar-refractivity contribution in [3.05, 3.63) is 59.7 Å². The van der Waals surface area contributed by atoms with Gasteiger partial charge >= 0.3 is 0 Å². The third-order valence-electron chi connectivity index (χ3n) is 6.76. The number of hydrogen-bond acceptors (Lipinski definition) is 4. The van der Waals surface area contributed by atoms with E-state index in [9.17, 15) is 18.0 Å². The Morgan fingerprint density at radius 2 is 1.76 bits per heavy atom. The third-order valence-corrected chi connectivity index (χ3v) is 8.23. The van der Waals surface area contributed by atoms with E-state index in [1.54, 1.807) is 17.0 Å². The zero-order valence-electron chi connectivity index (χ0n) is 19.8. The third kappa shape index (κ3) is 5.50. The van der Waals surface area contributed by atoms with Gasteiger partial charge in [0.2, 0.25) is 21.8 Å². The van der Waals surface area contributed by atoms with E-state index in [1.165, 1.54) is 19.4 Å². The molecule has 0 bridgehead atoms. The highest BCUT2D eigenvalue weighted by molar-refractivity contribution is 7.89. The van der Waals surface area contributed by atoms with Gasteiger partial charge in [-0.15, -0.1) is 0 Å². The molecule has 2 atom stereocenters. The molecule has 2 aromatic rings. The van der Waals surface area contributed by atoms with Crippen LogP contribution in [0.25, 0.3) is 0 Å². The monoisotopic (exact) mass is 483 g/mol. The lowest BCUT2D eigenvalue weighted by Gasteiger charge is -2.26. The van der Waals surface area contributed by atoms with Crippen LogP contribution in [0.15, 0.2) is 53.4 Å². The first-order valence-electron chi connectivity index (χ1n) is 12.0. The zero-order chi connectivity index (χ0) is 24.3. The Labute approximate surface area is 202 Å². The number of anilines is 1. The fourth-order valence-electron chi connectivity index (χ4n) is 5.10. The molecule has 2 amide bonds. The summed E-state index contributed by atoms with van der Waals surface area (Å²) in [7, 11) is -3.96. The van der Waals surface area contributed by atoms with Crippen LogP contribution in [0.3, 0.4) is 0 Å². The molecule has 0 unspecified atom stereocenters. The van der Waals surface area contributed by atoms with Gasteiger partial charge in [0, 0.05) is 24.7 Å². The summed E-state index contributed by atoms with van der Waals surface area (Å²) < 4.78 is 29.4. The van der Waals surface area contributed by atoms with E-state index in [-0.39, 0.29) is 35.2 Å². The number of fused-ring (bicyclic) bond motifs is 1. The van der Waals surface area contributed by atoms with Crippen LogP contribution in [-0.2, 0) is 32.5 Å². The Hall–Kier alpha value is -2.71. The molecule has 7 nitrogen and oxygen atoms in total. The summed E-state index contributed by atoms with van der Waals surface area (Å²) >= 11 is 0. The predicted molar refractivity (Wildman–Crippen MR) is 132 cm³/mol. The number of rotatable bonds is 7. The molecule has 0 spiro atoms. The molecule has 2 aromatic carbocycles. The van der Waals surface area contributed by atoms with Crippen LogP contribution in [0, 0.1) is 0 Å². The van der Waals surface area contributed by atoms with Crippen LogP contribution in [0.1, 0.15) is 57.1 Å². The molecule has 1 aliphatic carbocycles. The zero-order valence-corrected chi connectivity index (χ0v) is 20.6. The van der Waals surface area contributed by atoms with Gasteiger partial charge in [0.05, 0.1) is 4.90 Å². The smallest absolute Gasteiger partial charge is 0.241 e. The Bertz CT molecular complexity index is 1140. The number of hydrogen-bond donors (Lipinski definition) is 2. The number of sulfonamides is 1. The van der Waals surface area contributed by atoms with Gasteiger partial charge in [-0.05, 0) is 61.9 Å². The van der Waals surface area contributed by atoms with Crippen molar-refractivity contribution >= 4 is 27.5 Å². The second kappa shape index (κ2) is 10.3. The van der Waals surface area contributed by atoms with E-state index >= 15 is 0 Å². The van der Waals surface area contributed by atoms with E-state index in [2.05, 4.69) is 10.0 Å². The summed E-state index contributed by atoms with van der Waals surface area (Å²) in [6, 6.07) is 13.4. The first kappa shape index (κ1) is 24.4. The molecular weight excluding hydrogens is 450 g/mol. The van der Waals surface area contributed by atoms with Crippen LogP contribution >= 0.6 is 0 Å². The second-order valence-corrected chi connectivity index (χ2v) is 11.2. The average Bonchev–Trinajstić information content (AvgIpc) is 3.15. The van der Waals surface area contributed by atoms with Crippen LogP contribution in [0.2, 0.25) is 0 Å². The molecule has 1 saturated carbocycles. The Morgan fingerprint density at radius 3 is 2.44 bits per heavy atom. The normalized spacial score (nSPS) is 19.5. The maximum atomic E-state index is 13.4. The fourth-order valence-corrected chi connectivity index (χ4v) is 6.34. The van der Waals surface area contributed by atoms with E-state index in [0.29, 0.717) is 6.42 Å². The van der Waals surface area contributed by atoms with E-state index in [1.807, 2.05) is 37.3 Å². The molecular formula is C26H33N3O4S. The van der Waals surface area contributed by atoms with Gasteiger partial charge in [-0.1, -0.05) is 49.6 Å². The highest BCUT2D eigenvalue weighted by Crippen LogP contribution is 2.34. The van der Waals surface area contributed by atoms with Crippen molar-refractivity contribution in [3.8, 4) is 0 Å². The Balaban J connectivity index is 1.56. The standard InChI is InChI=1S/C26H33N3O4S/c1-18-15-21-17-23(13-14-25(21)29(18)19(2)30)34(32,33)28-24(16-20-9-5-3-6-10-20)26(31)27-22-11-7-4-8-12-22/h3,5-6,9-10,13-14,17-18,22,24,28H,4,7-8,11-12,15-16H2,1-2H3,(H,27,31)/t18-,24+/m1/s1. The number of carbonyl (C=O) groups excluding carboxylic acids is 2. The van der Waals surface area contributed by atoms with Crippen LogP contribution in [-0.4, -0.2) is 38.4 Å². The van der Waals surface area contributed by atoms with Gasteiger partial charge in [0.25, 0.3) is 0 Å². The molecule has 182 valence electrons. The van der Waals surface area contributed by atoms with Gasteiger partial charge < -0.3 is 10.2 Å². The second-order valence-electron chi connectivity index (χ2n) is 9.44. The SMILES string of the molecule is CC(=O)N1c2ccc(S(=O)(=O)N[C@@H](Cc3ccccc3)C(=O)NC3CCCCC3)cc2C[C@H]1C. The van der Waals surface area contributed by atoms with E-state index < -0.39 is 16.1 Å². The lowest BCUT2D eigenvalue weighted by atomic mass is 9.95. The summed E-state index contributed by atoms with van der Waals surface area (Å²) in [5, 5.41) is 3.07. The van der Waals surface area contributed by atoms with Gasteiger partial charge in [-0.3, -0.25) is 9.59 Å². The van der Waals surface area contributed by atoms with Crippen LogP contribution < -0.4 is 14.9 Å². The highest BCUT2D eigenvalue weighted by Gasteiger charge is 2.32. The first-order chi connectivity index (χ1) is 16.2. The van der Waals surface area contributed by atoms with Crippen molar-refractivity contribution in [2.75, 3.05) is 4.90 Å². The highest BCUT2D eigenvalue weighted by atomic mass is 32.2. The van der Waals surface area contributed by atoms with Crippen molar-refractivity contribution in [3.63, 3.8) is 0 Å². The van der Waals surface area contributed by atoms with Crippen molar-refractivity contribution in [2.45, 2.75) is 81.8 Å². The molecule has 1 fully saturated rings. The summed E-state index contributed by atoms with van der Waals surface area (Å²) in [4.78, 5) is 27.0. The number of benzene rings is 2. The maximum Gasteiger partial charge on any atom is 0.241 e. The Morgan fingerprint density at radius 1 is 1.06 bits per heavy atom. The summed E-state index contributed by atoms with van der Waals surface area (Å²) in [6.07, 6.45) is 6.02. The number of nitrogens with one attached hydrogen (secondary N) is 2. The molecule has 4 rings (SSSR count). The largest absolute Gasteiger partial charge is 0.352 e. The molecule has 1 heterocycles. The molecule has 2 aliphatic rings. The quantitative estimate of drug-likeness (QED) is 0.632. The molecule has 34 heavy (non-hydrogen) atoms. The molecule has 0 radical (unpaired) electrons. The van der Waals surface area contributed by atoms with Crippen molar-refractivity contribution < 1.29 is 18.0 Å². The summed E-state index contributed by atoms with van der Waals surface area (Å²) in [5.74, 6) is -0.362. The minimum atomic E-state index is -3.96. The average molecular weight is 484 g/mol. The van der Waals surface area contributed by atoms with Crippen molar-refractivity contribution in [1.29, 1.82) is 0 Å². The van der Waals surface area contributed by atoms with Crippen LogP contribution in [0.5, 0.6) is 0 Å². The topological polar surface area (TPSA) is 95.6 Å². The molecule has 0 aromatic heterocycles. The summed E-state index contributed by atoms with van der Waals surface area (Å²) in [6.45, 7) is 3.45. The Kier molecular flexibility index (Phi) is 7.38. The van der Waals surface area contributed by atoms with Crippen molar-refractivity contribution in [2.24, 2.45) is 0 Å². The number of amides is 2. The first-order valence-corrected chi connectivity index (χ1v) is 13.5. The molecule has 2 N–H and O–H groups in total. The summed E-state index contributed by atoms with van der Waals surface area (Å²) in [5.41, 5.74) is 2.44. The molecule has 1 aliphatic heterocycles. The fraction of sp³-hybridized carbons (Fsp3) is 0.462.